The summed E-state index contributed by atoms with van der Waals surface area (Å²) in [5.41, 5.74) is 2.58. The zero-order chi connectivity index (χ0) is 27.1. The zero-order valence-corrected chi connectivity index (χ0v) is 25.2. The van der Waals surface area contributed by atoms with Crippen LogP contribution in [0.25, 0.3) is 0 Å². The monoisotopic (exact) mass is 600 g/mol. The van der Waals surface area contributed by atoms with Crippen LogP contribution in [0.4, 0.5) is 5.69 Å². The molecule has 36 heavy (non-hydrogen) atoms. The van der Waals surface area contributed by atoms with Gasteiger partial charge in [-0.15, -0.1) is 0 Å². The highest BCUT2D eigenvalue weighted by molar-refractivity contribution is 9.10. The predicted octanol–water partition coefficient (Wildman–Crippen LogP) is 5.40. The van der Waals surface area contributed by atoms with Crippen LogP contribution in [0.2, 0.25) is 18.1 Å². The van der Waals surface area contributed by atoms with Gasteiger partial charge in [-0.05, 0) is 72.9 Å². The number of carbonyl (C=O) groups is 1. The van der Waals surface area contributed by atoms with Gasteiger partial charge in [-0.1, -0.05) is 42.8 Å². The fraction of sp³-hybridized carbons (Fsp3) is 0.480. The molecule has 200 valence electrons. The standard InChI is InChI=1S/C25H37BrN2O6SSi/c1-7-36(8-2,9-3)34-23(19-10-11-22(29)21(14-19)28-35(6,31)32)15-27-24(30)16-33-25-17(4)12-20(26)13-18(25)5/h10-14,23,28-29H,7-9,15-16H2,1-6H3,(H,27,30)/t23-/m1/s1. The van der Waals surface area contributed by atoms with E-state index in [0.717, 1.165) is 40.0 Å². The summed E-state index contributed by atoms with van der Waals surface area (Å²) >= 11 is 3.46. The van der Waals surface area contributed by atoms with Crippen LogP contribution in [0, 0.1) is 13.8 Å². The number of nitrogens with one attached hydrogen (secondary N) is 2. The quantitative estimate of drug-likeness (QED) is 0.209. The van der Waals surface area contributed by atoms with Gasteiger partial charge in [0.05, 0.1) is 18.0 Å². The van der Waals surface area contributed by atoms with Gasteiger partial charge in [0.2, 0.25) is 10.0 Å². The van der Waals surface area contributed by atoms with Crippen LogP contribution in [0.3, 0.4) is 0 Å². The van der Waals surface area contributed by atoms with Gasteiger partial charge in [-0.3, -0.25) is 9.52 Å². The molecule has 0 bridgehead atoms. The second-order valence-corrected chi connectivity index (χ2v) is 16.3. The van der Waals surface area contributed by atoms with Crippen LogP contribution in [0.5, 0.6) is 11.5 Å². The number of hydrogen-bond donors (Lipinski definition) is 3. The molecule has 0 fully saturated rings. The first-order chi connectivity index (χ1) is 16.8. The van der Waals surface area contributed by atoms with Gasteiger partial charge < -0.3 is 19.6 Å². The molecule has 2 rings (SSSR count). The fourth-order valence-corrected chi connectivity index (χ4v) is 8.16. The minimum atomic E-state index is -3.59. The Morgan fingerprint density at radius 1 is 1.08 bits per heavy atom. The van der Waals surface area contributed by atoms with Crippen LogP contribution >= 0.6 is 15.9 Å². The van der Waals surface area contributed by atoms with E-state index in [2.05, 4.69) is 46.7 Å². The fourth-order valence-electron chi connectivity index (χ4n) is 4.09. The molecule has 0 heterocycles. The second-order valence-electron chi connectivity index (χ2n) is 8.96. The van der Waals surface area contributed by atoms with Crippen molar-refractivity contribution in [2.24, 2.45) is 0 Å². The van der Waals surface area contributed by atoms with Crippen LogP contribution in [-0.4, -0.2) is 47.2 Å². The number of phenols is 1. The maximum absolute atomic E-state index is 12.7. The van der Waals surface area contributed by atoms with Crippen molar-refractivity contribution in [1.82, 2.24) is 5.32 Å². The molecule has 0 radical (unpaired) electrons. The number of phenolic OH excluding ortho intramolecular Hbond substituents is 1. The van der Waals surface area contributed by atoms with Crippen molar-refractivity contribution in [3.63, 3.8) is 0 Å². The third kappa shape index (κ3) is 8.50. The van der Waals surface area contributed by atoms with Gasteiger partial charge in [0.15, 0.2) is 14.9 Å². The summed E-state index contributed by atoms with van der Waals surface area (Å²) in [5.74, 6) is 0.187. The smallest absolute Gasteiger partial charge is 0.258 e. The molecule has 3 N–H and O–H groups in total. The number of anilines is 1. The number of amides is 1. The Bertz CT molecular complexity index is 1140. The highest BCUT2D eigenvalue weighted by atomic mass is 79.9. The molecule has 1 amide bonds. The van der Waals surface area contributed by atoms with Crippen molar-refractivity contribution in [1.29, 1.82) is 0 Å². The Labute approximate surface area is 224 Å². The SMILES string of the molecule is CC[Si](CC)(CC)O[C@H](CNC(=O)COc1c(C)cc(Br)cc1C)c1ccc(O)c(NS(C)(=O)=O)c1. The lowest BCUT2D eigenvalue weighted by atomic mass is 10.1. The van der Waals surface area contributed by atoms with Crippen LogP contribution in [0.1, 0.15) is 43.6 Å². The summed E-state index contributed by atoms with van der Waals surface area (Å²) in [4.78, 5) is 12.7. The molecule has 0 aliphatic carbocycles. The van der Waals surface area contributed by atoms with E-state index in [-0.39, 0.29) is 30.5 Å². The molecule has 1 atom stereocenters. The molecule has 0 saturated carbocycles. The maximum atomic E-state index is 12.7. The minimum Gasteiger partial charge on any atom is -0.506 e. The normalized spacial score (nSPS) is 12.8. The van der Waals surface area contributed by atoms with Crippen molar-refractivity contribution in [3.8, 4) is 11.5 Å². The number of hydrogen-bond acceptors (Lipinski definition) is 6. The third-order valence-corrected chi connectivity index (χ3v) is 12.0. The van der Waals surface area contributed by atoms with E-state index in [0.29, 0.717) is 11.3 Å². The Morgan fingerprint density at radius 2 is 1.67 bits per heavy atom. The molecule has 11 heteroatoms. The summed E-state index contributed by atoms with van der Waals surface area (Å²) in [6.07, 6.45) is 0.503. The van der Waals surface area contributed by atoms with Crippen molar-refractivity contribution in [3.05, 3.63) is 51.5 Å². The Hall–Kier alpha value is -2.08. The third-order valence-electron chi connectivity index (χ3n) is 6.27. The number of aromatic hydroxyl groups is 1. The van der Waals surface area contributed by atoms with Gasteiger partial charge in [-0.25, -0.2) is 8.42 Å². The van der Waals surface area contributed by atoms with E-state index in [4.69, 9.17) is 9.16 Å². The molecule has 2 aromatic rings. The minimum absolute atomic E-state index is 0.0659. The molecular formula is C25H37BrN2O6SSi. The first-order valence-corrected chi connectivity index (χ1v) is 17.2. The zero-order valence-electron chi connectivity index (χ0n) is 21.8. The summed E-state index contributed by atoms with van der Waals surface area (Å²) in [7, 11) is -5.68. The summed E-state index contributed by atoms with van der Waals surface area (Å²) < 4.78 is 39.3. The number of sulfonamides is 1. The van der Waals surface area contributed by atoms with E-state index < -0.39 is 24.4 Å². The van der Waals surface area contributed by atoms with Gasteiger partial charge in [0, 0.05) is 11.0 Å². The Balaban J connectivity index is 2.24. The lowest BCUT2D eigenvalue weighted by Gasteiger charge is -2.34. The first-order valence-electron chi connectivity index (χ1n) is 12.0. The van der Waals surface area contributed by atoms with Crippen molar-refractivity contribution < 1.29 is 27.5 Å². The van der Waals surface area contributed by atoms with Gasteiger partial charge in [0.1, 0.15) is 11.5 Å². The molecule has 0 aliphatic rings. The number of carbonyl (C=O) groups excluding carboxylic acids is 1. The van der Waals surface area contributed by atoms with Gasteiger partial charge >= 0.3 is 0 Å². The summed E-state index contributed by atoms with van der Waals surface area (Å²) in [6, 6.07) is 11.2. The topological polar surface area (TPSA) is 114 Å². The lowest BCUT2D eigenvalue weighted by molar-refractivity contribution is -0.123. The lowest BCUT2D eigenvalue weighted by Crippen LogP contribution is -2.41. The molecule has 0 aromatic heterocycles. The van der Waals surface area contributed by atoms with E-state index in [1.165, 1.54) is 6.07 Å². The highest BCUT2D eigenvalue weighted by Gasteiger charge is 2.33. The number of rotatable bonds is 13. The van der Waals surface area contributed by atoms with Crippen LogP contribution in [-0.2, 0) is 19.2 Å². The molecule has 0 aliphatic heterocycles. The van der Waals surface area contributed by atoms with Crippen molar-refractivity contribution in [2.45, 2.75) is 58.9 Å². The van der Waals surface area contributed by atoms with E-state index in [1.807, 2.05) is 26.0 Å². The van der Waals surface area contributed by atoms with E-state index in [1.54, 1.807) is 12.1 Å². The van der Waals surface area contributed by atoms with Gasteiger partial charge in [0.25, 0.3) is 5.91 Å². The number of benzene rings is 2. The summed E-state index contributed by atoms with van der Waals surface area (Å²) in [6.45, 7) is 10.2. The number of ether oxygens (including phenoxy) is 1. The first kappa shape index (κ1) is 30.1. The average molecular weight is 602 g/mol. The van der Waals surface area contributed by atoms with Crippen molar-refractivity contribution in [2.75, 3.05) is 24.1 Å². The highest BCUT2D eigenvalue weighted by Crippen LogP contribution is 2.33. The van der Waals surface area contributed by atoms with E-state index in [9.17, 15) is 18.3 Å². The number of aryl methyl sites for hydroxylation is 2. The van der Waals surface area contributed by atoms with Gasteiger partial charge in [-0.2, -0.15) is 0 Å². The molecule has 2 aromatic carbocycles. The maximum Gasteiger partial charge on any atom is 0.258 e. The number of halogens is 1. The molecule has 0 unspecified atom stereocenters. The molecular weight excluding hydrogens is 564 g/mol. The Morgan fingerprint density at radius 3 is 2.19 bits per heavy atom. The Kier molecular flexibility index (Phi) is 10.8. The van der Waals surface area contributed by atoms with Crippen molar-refractivity contribution >= 4 is 45.9 Å². The largest absolute Gasteiger partial charge is 0.506 e. The second kappa shape index (κ2) is 12.9. The molecule has 0 spiro atoms. The predicted molar refractivity (Wildman–Crippen MR) is 150 cm³/mol. The molecule has 8 nitrogen and oxygen atoms in total. The van der Waals surface area contributed by atoms with E-state index >= 15 is 0 Å². The molecule has 0 saturated heterocycles. The van der Waals surface area contributed by atoms with Crippen LogP contribution in [0.15, 0.2) is 34.8 Å². The summed E-state index contributed by atoms with van der Waals surface area (Å²) in [5, 5.41) is 13.1. The average Bonchev–Trinajstić information content (AvgIpc) is 2.79. The van der Waals surface area contributed by atoms with Crippen LogP contribution < -0.4 is 14.8 Å².